The Bertz CT molecular complexity index is 1710. The van der Waals surface area contributed by atoms with Crippen LogP contribution in [-0.4, -0.2) is 40.7 Å². The molecule has 0 saturated heterocycles. The van der Waals surface area contributed by atoms with Crippen LogP contribution in [0.2, 0.25) is 0 Å². The molecule has 234 valence electrons. The first-order chi connectivity index (χ1) is 21.7. The van der Waals surface area contributed by atoms with Crippen molar-refractivity contribution in [1.82, 2.24) is 14.8 Å². The SMILES string of the molecule is CC(=C\C(=O)Nc1ccc(F)c(F)c1)/C(SNC1C2CCC23C1CC3(O)c1cc(-c2ccccc2)on1)=C1/C=CCCCN1C. The number of benzene rings is 2. The Morgan fingerprint density at radius 1 is 1.16 bits per heavy atom. The van der Waals surface area contributed by atoms with Crippen molar-refractivity contribution in [1.29, 1.82) is 0 Å². The van der Waals surface area contributed by atoms with Gasteiger partial charge in [0.1, 0.15) is 11.3 Å². The van der Waals surface area contributed by atoms with Crippen LogP contribution in [0.25, 0.3) is 11.3 Å². The summed E-state index contributed by atoms with van der Waals surface area (Å²) in [4.78, 5) is 16.1. The van der Waals surface area contributed by atoms with E-state index in [2.05, 4.69) is 32.2 Å². The number of nitrogens with zero attached hydrogens (tertiary/aromatic N) is 2. The third-order valence-electron chi connectivity index (χ3n) is 10.3. The molecule has 10 heteroatoms. The number of allylic oxidation sites excluding steroid dienone is 3. The minimum absolute atomic E-state index is 0.186. The lowest BCUT2D eigenvalue weighted by molar-refractivity contribution is -0.367. The van der Waals surface area contributed by atoms with Crippen LogP contribution in [0.3, 0.4) is 0 Å². The van der Waals surface area contributed by atoms with Crippen LogP contribution in [0.1, 0.15) is 44.7 Å². The average molecular weight is 631 g/mol. The molecule has 3 aromatic rings. The van der Waals surface area contributed by atoms with Crippen LogP contribution >= 0.6 is 11.9 Å². The van der Waals surface area contributed by atoms with Crippen LogP contribution < -0.4 is 10.0 Å². The molecule has 1 aromatic heterocycles. The number of carbonyl (C=O) groups excluding carboxylic acids is 1. The average Bonchev–Trinajstić information content (AvgIpc) is 3.41. The van der Waals surface area contributed by atoms with Crippen molar-refractivity contribution >= 4 is 23.5 Å². The Morgan fingerprint density at radius 3 is 2.71 bits per heavy atom. The number of likely N-dealkylation sites (N-methyl/N-ethyl adjacent to an activating group) is 1. The topological polar surface area (TPSA) is 90.6 Å². The Balaban J connectivity index is 1.08. The van der Waals surface area contributed by atoms with E-state index >= 15 is 0 Å². The normalized spacial score (nSPS) is 29.8. The zero-order valence-corrected chi connectivity index (χ0v) is 26.0. The molecule has 4 aliphatic rings. The lowest BCUT2D eigenvalue weighted by Gasteiger charge is -2.80. The summed E-state index contributed by atoms with van der Waals surface area (Å²) in [6.07, 6.45) is 10.4. The number of aliphatic hydroxyl groups is 1. The molecule has 3 N–H and O–H groups in total. The van der Waals surface area contributed by atoms with Crippen LogP contribution in [0.15, 0.2) is 93.5 Å². The van der Waals surface area contributed by atoms with E-state index < -0.39 is 23.1 Å². The highest BCUT2D eigenvalue weighted by Crippen LogP contribution is 2.81. The summed E-state index contributed by atoms with van der Waals surface area (Å²) in [5.74, 6) is -1.14. The van der Waals surface area contributed by atoms with E-state index in [1.807, 2.05) is 50.4 Å². The largest absolute Gasteiger partial charge is 0.383 e. The Hall–Kier alpha value is -3.73. The van der Waals surface area contributed by atoms with Gasteiger partial charge >= 0.3 is 0 Å². The van der Waals surface area contributed by atoms with Crippen molar-refractivity contribution in [2.24, 2.45) is 17.3 Å². The van der Waals surface area contributed by atoms with Gasteiger partial charge in [0.15, 0.2) is 17.4 Å². The Morgan fingerprint density at radius 2 is 1.98 bits per heavy atom. The van der Waals surface area contributed by atoms with Crippen molar-refractivity contribution in [3.63, 3.8) is 0 Å². The molecule has 5 atom stereocenters. The number of nitrogens with one attached hydrogen (secondary N) is 2. The summed E-state index contributed by atoms with van der Waals surface area (Å²) in [5.41, 5.74) is 2.30. The van der Waals surface area contributed by atoms with Gasteiger partial charge in [-0.1, -0.05) is 41.6 Å². The van der Waals surface area contributed by atoms with Gasteiger partial charge in [-0.3, -0.25) is 9.52 Å². The first-order valence-corrected chi connectivity index (χ1v) is 16.3. The van der Waals surface area contributed by atoms with Crippen molar-refractivity contribution in [2.45, 2.75) is 50.7 Å². The number of amides is 1. The monoisotopic (exact) mass is 630 g/mol. The van der Waals surface area contributed by atoms with Gasteiger partial charge in [-0.05, 0) is 86.6 Å². The number of hydrogen-bond donors (Lipinski definition) is 3. The number of hydrogen-bond acceptors (Lipinski definition) is 7. The van der Waals surface area contributed by atoms with Crippen LogP contribution in [0.4, 0.5) is 14.5 Å². The molecule has 3 saturated carbocycles. The summed E-state index contributed by atoms with van der Waals surface area (Å²) in [6.45, 7) is 2.77. The zero-order valence-electron chi connectivity index (χ0n) is 25.2. The minimum atomic E-state index is -1.02. The van der Waals surface area contributed by atoms with Gasteiger partial charge in [-0.25, -0.2) is 8.78 Å². The van der Waals surface area contributed by atoms with Gasteiger partial charge in [0.2, 0.25) is 5.91 Å². The first kappa shape index (κ1) is 30.0. The van der Waals surface area contributed by atoms with Gasteiger partial charge in [-0.15, -0.1) is 0 Å². The van der Waals surface area contributed by atoms with Gasteiger partial charge in [0.05, 0.1) is 5.70 Å². The number of carbonyl (C=O) groups is 1. The summed E-state index contributed by atoms with van der Waals surface area (Å²) >= 11 is 1.52. The second kappa shape index (κ2) is 11.6. The van der Waals surface area contributed by atoms with Crippen LogP contribution in [-0.2, 0) is 10.4 Å². The number of rotatable bonds is 8. The molecule has 5 unspecified atom stereocenters. The van der Waals surface area contributed by atoms with E-state index in [0.717, 1.165) is 66.1 Å². The van der Waals surface area contributed by atoms with E-state index in [0.29, 0.717) is 29.7 Å². The second-order valence-electron chi connectivity index (χ2n) is 12.7. The maximum Gasteiger partial charge on any atom is 0.248 e. The molecule has 0 radical (unpaired) electrons. The quantitative estimate of drug-likeness (QED) is 0.184. The van der Waals surface area contributed by atoms with Crippen molar-refractivity contribution in [3.8, 4) is 11.3 Å². The maximum absolute atomic E-state index is 13.7. The maximum atomic E-state index is 13.7. The van der Waals surface area contributed by atoms with Crippen molar-refractivity contribution < 1.29 is 23.2 Å². The van der Waals surface area contributed by atoms with Gasteiger partial charge in [-0.2, -0.15) is 0 Å². The third kappa shape index (κ3) is 4.94. The molecule has 1 amide bonds. The minimum Gasteiger partial charge on any atom is -0.383 e. The molecule has 2 heterocycles. The lowest BCUT2D eigenvalue weighted by Crippen LogP contribution is -2.84. The van der Waals surface area contributed by atoms with E-state index in [1.165, 1.54) is 24.1 Å². The third-order valence-corrected chi connectivity index (χ3v) is 11.4. The molecule has 7 nitrogen and oxygen atoms in total. The summed E-state index contributed by atoms with van der Waals surface area (Å²) in [5, 5.41) is 18.9. The zero-order chi connectivity index (χ0) is 31.3. The van der Waals surface area contributed by atoms with Crippen LogP contribution in [0, 0.1) is 28.9 Å². The predicted molar refractivity (Wildman–Crippen MR) is 170 cm³/mol. The Kier molecular flexibility index (Phi) is 7.70. The summed E-state index contributed by atoms with van der Waals surface area (Å²) in [6, 6.07) is 15.2. The molecule has 3 fully saturated rings. The molecule has 0 bridgehead atoms. The highest BCUT2D eigenvalue weighted by molar-refractivity contribution is 8.01. The molecule has 7 rings (SSSR count). The second-order valence-corrected chi connectivity index (χ2v) is 13.5. The highest BCUT2D eigenvalue weighted by atomic mass is 32.2. The van der Waals surface area contributed by atoms with E-state index in [-0.39, 0.29) is 17.1 Å². The molecule has 1 aliphatic heterocycles. The first-order valence-electron chi connectivity index (χ1n) is 15.5. The molecule has 45 heavy (non-hydrogen) atoms. The summed E-state index contributed by atoms with van der Waals surface area (Å²) < 4.78 is 36.5. The fraction of sp³-hybridized carbons (Fsp3) is 0.371. The standard InChI is InChI=1S/C35H36F2N4O3S/c1-21(17-31(42)38-23-12-13-26(36)27(37)18-23)33(28-11-7-4-8-16-41(28)2)45-40-32-24-14-15-34(24)25(32)20-35(34,43)30-19-29(44-39-30)22-9-5-3-6-10-22/h3,5-7,9-13,17-19,24-25,32,40,43H,4,8,14-16,20H2,1-2H3,(H,38,42)/b21-17+,33-28+. The van der Waals surface area contributed by atoms with Gasteiger partial charge in [0.25, 0.3) is 0 Å². The van der Waals surface area contributed by atoms with Crippen molar-refractivity contribution in [3.05, 3.63) is 106 Å². The van der Waals surface area contributed by atoms with E-state index in [9.17, 15) is 18.7 Å². The molecule has 1 spiro atoms. The van der Waals surface area contributed by atoms with Gasteiger partial charge in [0, 0.05) is 59.4 Å². The Labute approximate surface area is 265 Å². The lowest BCUT2D eigenvalue weighted by atomic mass is 9.26. The van der Waals surface area contributed by atoms with E-state index in [4.69, 9.17) is 4.52 Å². The smallest absolute Gasteiger partial charge is 0.248 e. The van der Waals surface area contributed by atoms with E-state index in [1.54, 1.807) is 0 Å². The van der Waals surface area contributed by atoms with Crippen molar-refractivity contribution in [2.75, 3.05) is 18.9 Å². The number of aromatic nitrogens is 1. The molecule has 2 aromatic carbocycles. The molecule has 3 aliphatic carbocycles. The fourth-order valence-electron chi connectivity index (χ4n) is 7.90. The highest BCUT2D eigenvalue weighted by Gasteiger charge is 2.82. The fourth-order valence-corrected chi connectivity index (χ4v) is 9.03. The molecular formula is C35H36F2N4O3S. The summed E-state index contributed by atoms with van der Waals surface area (Å²) in [7, 11) is 2.05. The predicted octanol–water partition coefficient (Wildman–Crippen LogP) is 6.92. The number of halogens is 2. The molecular weight excluding hydrogens is 594 g/mol. The van der Waals surface area contributed by atoms with Gasteiger partial charge < -0.3 is 19.8 Å². The van der Waals surface area contributed by atoms with Crippen LogP contribution in [0.5, 0.6) is 0 Å². The number of anilines is 1.